The maximum atomic E-state index is 11.3. The lowest BCUT2D eigenvalue weighted by Gasteiger charge is -2.17. The van der Waals surface area contributed by atoms with Crippen molar-refractivity contribution < 1.29 is 4.21 Å². The van der Waals surface area contributed by atoms with Gasteiger partial charge in [0.05, 0.1) is 0 Å². The van der Waals surface area contributed by atoms with Crippen LogP contribution in [-0.2, 0) is 17.2 Å². The van der Waals surface area contributed by atoms with E-state index in [1.54, 1.807) is 6.26 Å². The lowest BCUT2D eigenvalue weighted by molar-refractivity contribution is 0.568. The number of nitrogens with one attached hydrogen (secondary N) is 1. The van der Waals surface area contributed by atoms with Crippen LogP contribution in [0.5, 0.6) is 0 Å². The first-order valence-electron chi connectivity index (χ1n) is 7.04. The van der Waals surface area contributed by atoms with Crippen molar-refractivity contribution in [2.24, 2.45) is 5.92 Å². The number of rotatable bonds is 7. The summed E-state index contributed by atoms with van der Waals surface area (Å²) in [6.45, 7) is 9.44. The average molecular weight is 281 g/mol. The van der Waals surface area contributed by atoms with Gasteiger partial charge in [-0.1, -0.05) is 38.1 Å². The summed E-state index contributed by atoms with van der Waals surface area (Å²) in [6, 6.07) is 9.13. The number of hydrogen-bond acceptors (Lipinski definition) is 2. The lowest BCUT2D eigenvalue weighted by Crippen LogP contribution is -2.29. The van der Waals surface area contributed by atoms with Gasteiger partial charge in [0, 0.05) is 34.9 Å². The topological polar surface area (TPSA) is 29.1 Å². The van der Waals surface area contributed by atoms with Crippen molar-refractivity contribution in [1.29, 1.82) is 0 Å². The molecule has 1 aromatic carbocycles. The van der Waals surface area contributed by atoms with Crippen LogP contribution in [0, 0.1) is 5.92 Å². The van der Waals surface area contributed by atoms with E-state index < -0.39 is 10.8 Å². The number of benzene rings is 1. The van der Waals surface area contributed by atoms with E-state index in [-0.39, 0.29) is 5.25 Å². The number of hydrogen-bond donors (Lipinski definition) is 1. The molecule has 1 aromatic rings. The maximum absolute atomic E-state index is 11.3. The molecular formula is C16H27NOS. The highest BCUT2D eigenvalue weighted by molar-refractivity contribution is 7.84. The zero-order valence-electron chi connectivity index (χ0n) is 12.8. The Kier molecular flexibility index (Phi) is 6.73. The Morgan fingerprint density at radius 2 is 1.68 bits per heavy atom. The molecule has 0 aliphatic carbocycles. The largest absolute Gasteiger partial charge is 0.309 e. The van der Waals surface area contributed by atoms with E-state index in [0.717, 1.165) is 13.0 Å². The molecule has 3 unspecified atom stereocenters. The molecule has 108 valence electrons. The van der Waals surface area contributed by atoms with Crippen LogP contribution < -0.4 is 5.32 Å². The fourth-order valence-corrected chi connectivity index (χ4v) is 2.32. The molecule has 0 amide bonds. The van der Waals surface area contributed by atoms with E-state index in [4.69, 9.17) is 0 Å². The average Bonchev–Trinajstić information content (AvgIpc) is 2.35. The third-order valence-electron chi connectivity index (χ3n) is 3.40. The molecule has 0 radical (unpaired) electrons. The molecule has 1 N–H and O–H groups in total. The van der Waals surface area contributed by atoms with Crippen LogP contribution >= 0.6 is 0 Å². The highest BCUT2D eigenvalue weighted by Gasteiger charge is 2.10. The maximum Gasteiger partial charge on any atom is 0.0441 e. The second kappa shape index (κ2) is 7.81. The molecule has 0 heterocycles. The van der Waals surface area contributed by atoms with Crippen LogP contribution in [0.1, 0.15) is 44.9 Å². The first-order chi connectivity index (χ1) is 8.90. The van der Waals surface area contributed by atoms with Gasteiger partial charge in [-0.25, -0.2) is 0 Å². The fourth-order valence-electron chi connectivity index (χ4n) is 1.99. The zero-order valence-corrected chi connectivity index (χ0v) is 13.6. The summed E-state index contributed by atoms with van der Waals surface area (Å²) in [5.74, 6) is 0.696. The van der Waals surface area contributed by atoms with Crippen molar-refractivity contribution in [1.82, 2.24) is 5.32 Å². The molecule has 1 rings (SSSR count). The zero-order chi connectivity index (χ0) is 14.4. The van der Waals surface area contributed by atoms with Gasteiger partial charge in [-0.05, 0) is 37.3 Å². The van der Waals surface area contributed by atoms with Crippen molar-refractivity contribution in [2.75, 3.05) is 12.8 Å². The normalized spacial score (nSPS) is 16.3. The molecule has 0 spiro atoms. The molecular weight excluding hydrogens is 254 g/mol. The molecule has 0 aliphatic rings. The Hall–Kier alpha value is -0.670. The fraction of sp³-hybridized carbons (Fsp3) is 0.625. The Morgan fingerprint density at radius 3 is 2.16 bits per heavy atom. The first kappa shape index (κ1) is 16.4. The van der Waals surface area contributed by atoms with Gasteiger partial charge in [0.25, 0.3) is 0 Å². The minimum atomic E-state index is -0.756. The molecule has 0 bridgehead atoms. The van der Waals surface area contributed by atoms with Crippen molar-refractivity contribution in [3.05, 3.63) is 35.4 Å². The summed E-state index contributed by atoms with van der Waals surface area (Å²) in [5.41, 5.74) is 2.69. The summed E-state index contributed by atoms with van der Waals surface area (Å²) in [7, 11) is -0.756. The van der Waals surface area contributed by atoms with Crippen molar-refractivity contribution in [2.45, 2.75) is 45.4 Å². The molecule has 3 atom stereocenters. The van der Waals surface area contributed by atoms with Crippen molar-refractivity contribution in [3.8, 4) is 0 Å². The Balaban J connectivity index is 2.53. The highest BCUT2D eigenvalue weighted by atomic mass is 32.2. The molecule has 0 aliphatic heterocycles. The van der Waals surface area contributed by atoms with Crippen LogP contribution in [0.15, 0.2) is 24.3 Å². The second-order valence-corrected chi connectivity index (χ2v) is 7.58. The van der Waals surface area contributed by atoms with Crippen LogP contribution in [-0.4, -0.2) is 22.3 Å². The van der Waals surface area contributed by atoms with Gasteiger partial charge in [0.15, 0.2) is 0 Å². The predicted octanol–water partition coefficient (Wildman–Crippen LogP) is 3.30. The van der Waals surface area contributed by atoms with Gasteiger partial charge >= 0.3 is 0 Å². The molecule has 0 saturated carbocycles. The minimum Gasteiger partial charge on any atom is -0.309 e. The standard InChI is InChI=1S/C16H27NOS/c1-12(2)10-15-6-8-16(9-7-15)14(4)17-11-13(3)19(5)18/h6-9,12-14,17H,10-11H2,1-5H3. The van der Waals surface area contributed by atoms with E-state index in [1.807, 2.05) is 6.92 Å². The summed E-state index contributed by atoms with van der Waals surface area (Å²) < 4.78 is 11.3. The van der Waals surface area contributed by atoms with E-state index in [9.17, 15) is 4.21 Å². The van der Waals surface area contributed by atoms with Crippen LogP contribution in [0.3, 0.4) is 0 Å². The smallest absolute Gasteiger partial charge is 0.0441 e. The lowest BCUT2D eigenvalue weighted by atomic mass is 10.00. The predicted molar refractivity (Wildman–Crippen MR) is 84.9 cm³/mol. The van der Waals surface area contributed by atoms with Crippen molar-refractivity contribution in [3.63, 3.8) is 0 Å². The van der Waals surface area contributed by atoms with Crippen LogP contribution in [0.25, 0.3) is 0 Å². The molecule has 0 fully saturated rings. The van der Waals surface area contributed by atoms with E-state index in [2.05, 4.69) is 50.4 Å². The summed E-state index contributed by atoms with van der Waals surface area (Å²) in [6.07, 6.45) is 2.89. The summed E-state index contributed by atoms with van der Waals surface area (Å²) in [5, 5.41) is 3.64. The monoisotopic (exact) mass is 281 g/mol. The third-order valence-corrected chi connectivity index (χ3v) is 4.70. The summed E-state index contributed by atoms with van der Waals surface area (Å²) >= 11 is 0. The second-order valence-electron chi connectivity index (χ2n) is 5.78. The minimum absolute atomic E-state index is 0.197. The Morgan fingerprint density at radius 1 is 1.11 bits per heavy atom. The molecule has 19 heavy (non-hydrogen) atoms. The van der Waals surface area contributed by atoms with Gasteiger partial charge in [-0.3, -0.25) is 4.21 Å². The van der Waals surface area contributed by atoms with E-state index in [1.165, 1.54) is 11.1 Å². The highest BCUT2D eigenvalue weighted by Crippen LogP contribution is 2.15. The van der Waals surface area contributed by atoms with Gasteiger partial charge < -0.3 is 5.32 Å². The SMILES string of the molecule is CC(C)Cc1ccc(C(C)NCC(C)S(C)=O)cc1. The van der Waals surface area contributed by atoms with Gasteiger partial charge in [0.1, 0.15) is 0 Å². The quantitative estimate of drug-likeness (QED) is 0.831. The molecule has 0 aromatic heterocycles. The Bertz CT molecular complexity index is 400. The first-order valence-corrected chi connectivity index (χ1v) is 8.66. The van der Waals surface area contributed by atoms with Gasteiger partial charge in [-0.15, -0.1) is 0 Å². The third kappa shape index (κ3) is 5.87. The molecule has 3 heteroatoms. The van der Waals surface area contributed by atoms with Crippen molar-refractivity contribution >= 4 is 10.8 Å². The van der Waals surface area contributed by atoms with E-state index in [0.29, 0.717) is 12.0 Å². The van der Waals surface area contributed by atoms with Gasteiger partial charge in [0.2, 0.25) is 0 Å². The van der Waals surface area contributed by atoms with Crippen LogP contribution in [0.2, 0.25) is 0 Å². The summed E-state index contributed by atoms with van der Waals surface area (Å²) in [4.78, 5) is 0. The van der Waals surface area contributed by atoms with Gasteiger partial charge in [-0.2, -0.15) is 0 Å². The molecule has 0 saturated heterocycles. The van der Waals surface area contributed by atoms with Crippen LogP contribution in [0.4, 0.5) is 0 Å². The van der Waals surface area contributed by atoms with E-state index >= 15 is 0 Å². The molecule has 2 nitrogen and oxygen atoms in total. The Labute approximate surface area is 120 Å².